The molecule has 1 amide bonds. The van der Waals surface area contributed by atoms with Crippen molar-refractivity contribution in [2.45, 2.75) is 51.9 Å². The maximum atomic E-state index is 12.9. The second-order valence-electron chi connectivity index (χ2n) is 8.43. The molecule has 1 saturated heterocycles. The van der Waals surface area contributed by atoms with Crippen LogP contribution >= 0.6 is 0 Å². The van der Waals surface area contributed by atoms with E-state index in [0.29, 0.717) is 32.6 Å². The molecule has 0 radical (unpaired) electrons. The quantitative estimate of drug-likeness (QED) is 0.768. The predicted octanol–water partition coefficient (Wildman–Crippen LogP) is 3.06. The lowest BCUT2D eigenvalue weighted by atomic mass is 9.96. The van der Waals surface area contributed by atoms with Gasteiger partial charge in [0.25, 0.3) is 0 Å². The Hall–Kier alpha value is -2.71. The summed E-state index contributed by atoms with van der Waals surface area (Å²) < 4.78 is 37.9. The largest absolute Gasteiger partial charge is 0.419 e. The Morgan fingerprint density at radius 1 is 1.10 bits per heavy atom. The monoisotopic (exact) mass is 417 g/mol. The van der Waals surface area contributed by atoms with E-state index in [1.54, 1.807) is 4.90 Å². The Balaban J connectivity index is 1.18. The number of hydrogen-bond donors (Lipinski definition) is 0. The highest BCUT2D eigenvalue weighted by atomic mass is 19.4. The zero-order chi connectivity index (χ0) is 21.0. The van der Waals surface area contributed by atoms with E-state index in [1.807, 2.05) is 11.8 Å². The minimum atomic E-state index is -4.44. The van der Waals surface area contributed by atoms with Crippen LogP contribution in [0.15, 0.2) is 12.4 Å². The van der Waals surface area contributed by atoms with Gasteiger partial charge in [-0.1, -0.05) is 0 Å². The van der Waals surface area contributed by atoms with Crippen LogP contribution in [-0.4, -0.2) is 38.8 Å². The lowest BCUT2D eigenvalue weighted by Gasteiger charge is -2.39. The van der Waals surface area contributed by atoms with Gasteiger partial charge >= 0.3 is 6.18 Å². The third-order valence-electron chi connectivity index (χ3n) is 6.38. The molecular weight excluding hydrogens is 395 g/mol. The maximum absolute atomic E-state index is 12.9. The molecule has 1 fully saturated rings. The molecule has 0 saturated carbocycles. The van der Waals surface area contributed by atoms with Crippen LogP contribution in [-0.2, 0) is 36.9 Å². The van der Waals surface area contributed by atoms with E-state index in [1.165, 1.54) is 22.4 Å². The number of fused-ring (bicyclic) bond motifs is 3. The zero-order valence-electron chi connectivity index (χ0n) is 16.7. The Morgan fingerprint density at radius 2 is 1.80 bits per heavy atom. The van der Waals surface area contributed by atoms with Gasteiger partial charge in [-0.15, -0.1) is 0 Å². The molecule has 0 bridgehead atoms. The van der Waals surface area contributed by atoms with Gasteiger partial charge in [-0.2, -0.15) is 13.2 Å². The molecule has 4 heterocycles. The van der Waals surface area contributed by atoms with Crippen LogP contribution in [0, 0.1) is 12.8 Å². The molecule has 2 aromatic rings. The van der Waals surface area contributed by atoms with Crippen molar-refractivity contribution in [2.75, 3.05) is 18.0 Å². The van der Waals surface area contributed by atoms with Gasteiger partial charge in [-0.05, 0) is 42.9 Å². The van der Waals surface area contributed by atoms with Gasteiger partial charge in [0.2, 0.25) is 11.9 Å². The Labute approximate surface area is 172 Å². The smallest absolute Gasteiger partial charge is 0.340 e. The molecule has 2 aliphatic heterocycles. The summed E-state index contributed by atoms with van der Waals surface area (Å²) in [5, 5.41) is 0. The number of rotatable bonds is 3. The first kappa shape index (κ1) is 19.3. The van der Waals surface area contributed by atoms with Gasteiger partial charge in [0, 0.05) is 62.3 Å². The average Bonchev–Trinajstić information content (AvgIpc) is 3.30. The van der Waals surface area contributed by atoms with Crippen molar-refractivity contribution in [3.05, 3.63) is 46.0 Å². The highest BCUT2D eigenvalue weighted by molar-refractivity contribution is 5.78. The van der Waals surface area contributed by atoms with Gasteiger partial charge in [0.15, 0.2) is 0 Å². The Morgan fingerprint density at radius 3 is 2.50 bits per heavy atom. The topological polar surface area (TPSA) is 62.2 Å². The first-order valence-corrected chi connectivity index (χ1v) is 10.2. The van der Waals surface area contributed by atoms with Crippen LogP contribution in [0.25, 0.3) is 0 Å². The first-order valence-electron chi connectivity index (χ1n) is 10.2. The summed E-state index contributed by atoms with van der Waals surface area (Å²) in [5.74, 6) is 0.560. The van der Waals surface area contributed by atoms with Crippen LogP contribution in [0.4, 0.5) is 19.1 Å². The SMILES string of the molecule is Cc1nc2c(c3c1CN(C(=O)CC1CN(c4ncc(C(F)(F)F)cn4)C1)C3)CCC2. The molecule has 9 heteroatoms. The predicted molar refractivity (Wildman–Crippen MR) is 103 cm³/mol. The van der Waals surface area contributed by atoms with Gasteiger partial charge in [-0.3, -0.25) is 9.78 Å². The standard InChI is InChI=1S/C21H22F3N5O/c1-12-16-10-28(11-17(16)15-3-2-4-18(15)27-12)19(30)5-13-8-29(9-13)20-25-6-14(7-26-20)21(22,23)24/h6-7,13H,2-5,8-11H2,1H3. The van der Waals surface area contributed by atoms with Crippen molar-refractivity contribution in [1.29, 1.82) is 0 Å². The van der Waals surface area contributed by atoms with E-state index in [-0.39, 0.29) is 17.8 Å². The number of aromatic nitrogens is 3. The normalized spacial score (nSPS) is 18.4. The second-order valence-corrected chi connectivity index (χ2v) is 8.43. The van der Waals surface area contributed by atoms with Crippen LogP contribution in [0.2, 0.25) is 0 Å². The van der Waals surface area contributed by atoms with Crippen LogP contribution < -0.4 is 4.90 Å². The molecule has 3 aliphatic rings. The number of halogens is 3. The van der Waals surface area contributed by atoms with Gasteiger partial charge in [-0.25, -0.2) is 9.97 Å². The third-order valence-corrected chi connectivity index (χ3v) is 6.38. The average molecular weight is 417 g/mol. The summed E-state index contributed by atoms with van der Waals surface area (Å²) in [6.45, 7) is 4.47. The number of aryl methyl sites for hydroxylation is 2. The number of carbonyl (C=O) groups excluding carboxylic acids is 1. The summed E-state index contributed by atoms with van der Waals surface area (Å²) in [4.78, 5) is 29.0. The molecule has 0 spiro atoms. The third kappa shape index (κ3) is 3.30. The highest BCUT2D eigenvalue weighted by Gasteiger charge is 2.36. The molecule has 6 nitrogen and oxygen atoms in total. The molecule has 0 atom stereocenters. The Kier molecular flexibility index (Phi) is 4.44. The summed E-state index contributed by atoms with van der Waals surface area (Å²) >= 11 is 0. The Bertz CT molecular complexity index is 999. The van der Waals surface area contributed by atoms with E-state index in [0.717, 1.165) is 37.4 Å². The van der Waals surface area contributed by atoms with Crippen molar-refractivity contribution in [1.82, 2.24) is 19.9 Å². The zero-order valence-corrected chi connectivity index (χ0v) is 16.7. The fourth-order valence-electron chi connectivity index (χ4n) is 4.73. The molecule has 0 aromatic carbocycles. The summed E-state index contributed by atoms with van der Waals surface area (Å²) in [7, 11) is 0. The number of anilines is 1. The highest BCUT2D eigenvalue weighted by Crippen LogP contribution is 2.35. The van der Waals surface area contributed by atoms with Crippen LogP contribution in [0.5, 0.6) is 0 Å². The number of pyridine rings is 1. The number of alkyl halides is 3. The van der Waals surface area contributed by atoms with E-state index >= 15 is 0 Å². The van der Waals surface area contributed by atoms with Crippen molar-refractivity contribution in [2.24, 2.45) is 5.92 Å². The van der Waals surface area contributed by atoms with Crippen molar-refractivity contribution in [3.63, 3.8) is 0 Å². The number of amides is 1. The van der Waals surface area contributed by atoms with E-state index in [2.05, 4.69) is 9.97 Å². The van der Waals surface area contributed by atoms with Crippen molar-refractivity contribution in [3.8, 4) is 0 Å². The molecule has 2 aromatic heterocycles. The van der Waals surface area contributed by atoms with E-state index in [4.69, 9.17) is 4.98 Å². The van der Waals surface area contributed by atoms with E-state index in [9.17, 15) is 18.0 Å². The van der Waals surface area contributed by atoms with Gasteiger partial charge in [0.05, 0.1) is 5.56 Å². The summed E-state index contributed by atoms with van der Waals surface area (Å²) in [5.41, 5.74) is 5.24. The minimum Gasteiger partial charge on any atom is -0.340 e. The fraction of sp³-hybridized carbons (Fsp3) is 0.524. The molecule has 1 aliphatic carbocycles. The fourth-order valence-corrected chi connectivity index (χ4v) is 4.73. The van der Waals surface area contributed by atoms with Gasteiger partial charge < -0.3 is 9.80 Å². The maximum Gasteiger partial charge on any atom is 0.419 e. The lowest BCUT2D eigenvalue weighted by molar-refractivity contribution is -0.138. The summed E-state index contributed by atoms with van der Waals surface area (Å²) in [6, 6.07) is 0. The van der Waals surface area contributed by atoms with E-state index < -0.39 is 11.7 Å². The lowest BCUT2D eigenvalue weighted by Crippen LogP contribution is -2.49. The molecule has 158 valence electrons. The molecule has 5 rings (SSSR count). The second kappa shape index (κ2) is 6.92. The number of nitrogens with zero attached hydrogens (tertiary/aromatic N) is 5. The van der Waals surface area contributed by atoms with Gasteiger partial charge in [0.1, 0.15) is 0 Å². The number of hydrogen-bond acceptors (Lipinski definition) is 5. The van der Waals surface area contributed by atoms with Crippen LogP contribution in [0.1, 0.15) is 46.5 Å². The summed E-state index contributed by atoms with van der Waals surface area (Å²) in [6.07, 6.45) is 0.812. The number of carbonyl (C=O) groups is 1. The van der Waals surface area contributed by atoms with Crippen LogP contribution in [0.3, 0.4) is 0 Å². The molecular formula is C21H22F3N5O. The molecule has 0 N–H and O–H groups in total. The minimum absolute atomic E-state index is 0.121. The molecule has 0 unspecified atom stereocenters. The van der Waals surface area contributed by atoms with Crippen molar-refractivity contribution < 1.29 is 18.0 Å². The first-order chi connectivity index (χ1) is 14.3. The molecule has 30 heavy (non-hydrogen) atoms. The van der Waals surface area contributed by atoms with Crippen molar-refractivity contribution >= 4 is 11.9 Å².